The molecule has 0 aliphatic carbocycles. The first-order valence-electron chi connectivity index (χ1n) is 6.49. The van der Waals surface area contributed by atoms with Crippen molar-refractivity contribution in [2.24, 2.45) is 0 Å². The van der Waals surface area contributed by atoms with Gasteiger partial charge in [0.05, 0.1) is 4.90 Å². The Kier molecular flexibility index (Phi) is 5.39. The molecule has 0 saturated carbocycles. The number of aryl methyl sites for hydroxylation is 1. The summed E-state index contributed by atoms with van der Waals surface area (Å²) in [5, 5.41) is 8.84. The second kappa shape index (κ2) is 7.06. The Balaban J connectivity index is 2.18. The summed E-state index contributed by atoms with van der Waals surface area (Å²) in [6, 6.07) is 13.7. The summed E-state index contributed by atoms with van der Waals surface area (Å²) in [6.07, 6.45) is 1.37. The number of benzene rings is 2. The van der Waals surface area contributed by atoms with Crippen molar-refractivity contribution >= 4 is 31.6 Å². The zero-order chi connectivity index (χ0) is 15.3. The summed E-state index contributed by atoms with van der Waals surface area (Å²) in [4.78, 5) is 0.214. The normalized spacial score (nSPS) is 11.3. The fraction of sp³-hybridized carbons (Fsp3) is 0.200. The van der Waals surface area contributed by atoms with Crippen molar-refractivity contribution in [3.63, 3.8) is 0 Å². The number of aliphatic hydroxyl groups excluding tert-OH is 1. The fourth-order valence-corrected chi connectivity index (χ4v) is 3.22. The molecule has 0 unspecified atom stereocenters. The highest BCUT2D eigenvalue weighted by atomic mass is 79.9. The van der Waals surface area contributed by atoms with Gasteiger partial charge in [-0.15, -0.1) is 0 Å². The van der Waals surface area contributed by atoms with Gasteiger partial charge in [-0.3, -0.25) is 4.72 Å². The Morgan fingerprint density at radius 3 is 2.48 bits per heavy atom. The van der Waals surface area contributed by atoms with Crippen LogP contribution in [0.3, 0.4) is 0 Å². The average Bonchev–Trinajstić information content (AvgIpc) is 2.45. The molecule has 0 atom stereocenters. The summed E-state index contributed by atoms with van der Waals surface area (Å²) < 4.78 is 27.9. The summed E-state index contributed by atoms with van der Waals surface area (Å²) in [7, 11) is -3.59. The summed E-state index contributed by atoms with van der Waals surface area (Å²) in [5.41, 5.74) is 1.51. The van der Waals surface area contributed by atoms with Gasteiger partial charge < -0.3 is 5.11 Å². The number of nitrogens with one attached hydrogen (secondary N) is 1. The van der Waals surface area contributed by atoms with E-state index in [4.69, 9.17) is 5.11 Å². The van der Waals surface area contributed by atoms with Gasteiger partial charge >= 0.3 is 0 Å². The fourth-order valence-electron chi connectivity index (χ4n) is 1.90. The van der Waals surface area contributed by atoms with E-state index in [1.54, 1.807) is 42.5 Å². The summed E-state index contributed by atoms with van der Waals surface area (Å²) in [6.45, 7) is 0.120. The topological polar surface area (TPSA) is 66.4 Å². The van der Waals surface area contributed by atoms with Gasteiger partial charge in [-0.25, -0.2) is 8.42 Å². The van der Waals surface area contributed by atoms with Gasteiger partial charge in [0, 0.05) is 16.8 Å². The van der Waals surface area contributed by atoms with Crippen LogP contribution in [-0.2, 0) is 16.4 Å². The second-order valence-corrected chi connectivity index (χ2v) is 7.19. The Morgan fingerprint density at radius 2 is 1.81 bits per heavy atom. The lowest BCUT2D eigenvalue weighted by Crippen LogP contribution is -2.13. The van der Waals surface area contributed by atoms with Gasteiger partial charge in [-0.2, -0.15) is 0 Å². The van der Waals surface area contributed by atoms with Crippen molar-refractivity contribution in [3.8, 4) is 0 Å². The van der Waals surface area contributed by atoms with E-state index in [2.05, 4.69) is 20.7 Å². The molecule has 0 spiro atoms. The van der Waals surface area contributed by atoms with E-state index < -0.39 is 10.0 Å². The molecule has 0 aliphatic heterocycles. The minimum atomic E-state index is -3.59. The molecule has 0 amide bonds. The Hall–Kier alpha value is -1.37. The van der Waals surface area contributed by atoms with E-state index in [9.17, 15) is 8.42 Å². The van der Waals surface area contributed by atoms with Crippen molar-refractivity contribution in [2.75, 3.05) is 11.3 Å². The third-order valence-electron chi connectivity index (χ3n) is 2.93. The molecule has 2 N–H and O–H groups in total. The van der Waals surface area contributed by atoms with Crippen LogP contribution in [0.4, 0.5) is 5.69 Å². The number of aliphatic hydroxyl groups is 1. The number of hydrogen-bond acceptors (Lipinski definition) is 3. The molecule has 2 aromatic rings. The molecule has 0 radical (unpaired) electrons. The van der Waals surface area contributed by atoms with Gasteiger partial charge in [0.2, 0.25) is 0 Å². The van der Waals surface area contributed by atoms with Crippen LogP contribution in [0.5, 0.6) is 0 Å². The van der Waals surface area contributed by atoms with E-state index in [-0.39, 0.29) is 11.5 Å². The smallest absolute Gasteiger partial charge is 0.261 e. The zero-order valence-electron chi connectivity index (χ0n) is 11.3. The lowest BCUT2D eigenvalue weighted by atomic mass is 10.1. The van der Waals surface area contributed by atoms with Gasteiger partial charge in [0.25, 0.3) is 10.0 Å². The van der Waals surface area contributed by atoms with Crippen molar-refractivity contribution in [1.82, 2.24) is 0 Å². The van der Waals surface area contributed by atoms with Crippen LogP contribution >= 0.6 is 15.9 Å². The molecule has 0 bridgehead atoms. The first-order valence-corrected chi connectivity index (χ1v) is 8.77. The van der Waals surface area contributed by atoms with Gasteiger partial charge in [-0.05, 0) is 54.8 Å². The van der Waals surface area contributed by atoms with Crippen molar-refractivity contribution < 1.29 is 13.5 Å². The first kappa shape index (κ1) is 16.0. The molecule has 2 rings (SSSR count). The van der Waals surface area contributed by atoms with Crippen LogP contribution in [0.1, 0.15) is 12.0 Å². The van der Waals surface area contributed by atoms with E-state index in [0.29, 0.717) is 18.5 Å². The van der Waals surface area contributed by atoms with Crippen LogP contribution in [0.2, 0.25) is 0 Å². The molecular formula is C15H16BrNO3S. The highest BCUT2D eigenvalue weighted by molar-refractivity contribution is 9.10. The number of anilines is 1. The number of hydrogen-bond donors (Lipinski definition) is 2. The number of halogens is 1. The Morgan fingerprint density at radius 1 is 1.10 bits per heavy atom. The molecule has 2 aromatic carbocycles. The number of rotatable bonds is 6. The SMILES string of the molecule is O=S(=O)(Nc1cccc(CCCO)c1)c1ccc(Br)cc1. The maximum atomic E-state index is 12.3. The maximum absolute atomic E-state index is 12.3. The molecular weight excluding hydrogens is 354 g/mol. The van der Waals surface area contributed by atoms with Gasteiger partial charge in [-0.1, -0.05) is 28.1 Å². The highest BCUT2D eigenvalue weighted by Gasteiger charge is 2.13. The van der Waals surface area contributed by atoms with Gasteiger partial charge in [0.1, 0.15) is 0 Å². The molecule has 0 aromatic heterocycles. The van der Waals surface area contributed by atoms with Gasteiger partial charge in [0.15, 0.2) is 0 Å². The van der Waals surface area contributed by atoms with Crippen LogP contribution in [-0.4, -0.2) is 20.1 Å². The minimum Gasteiger partial charge on any atom is -0.396 e. The Bertz CT molecular complexity index is 699. The quantitative estimate of drug-likeness (QED) is 0.821. The molecule has 0 fully saturated rings. The highest BCUT2D eigenvalue weighted by Crippen LogP contribution is 2.19. The molecule has 4 nitrogen and oxygen atoms in total. The van der Waals surface area contributed by atoms with Crippen LogP contribution in [0.15, 0.2) is 57.9 Å². The Labute approximate surface area is 133 Å². The molecule has 0 heterocycles. The predicted octanol–water partition coefficient (Wildman–Crippen LogP) is 3.17. The summed E-state index contributed by atoms with van der Waals surface area (Å²) in [5.74, 6) is 0. The monoisotopic (exact) mass is 369 g/mol. The summed E-state index contributed by atoms with van der Waals surface area (Å²) >= 11 is 3.28. The van der Waals surface area contributed by atoms with E-state index in [1.165, 1.54) is 0 Å². The van der Waals surface area contributed by atoms with Crippen LogP contribution in [0.25, 0.3) is 0 Å². The third-order valence-corrected chi connectivity index (χ3v) is 4.85. The van der Waals surface area contributed by atoms with E-state index in [0.717, 1.165) is 10.0 Å². The van der Waals surface area contributed by atoms with Crippen LogP contribution < -0.4 is 4.72 Å². The standard InChI is InChI=1S/C15H16BrNO3S/c16-13-6-8-15(9-7-13)21(19,20)17-14-5-1-3-12(11-14)4-2-10-18/h1,3,5-9,11,17-18H,2,4,10H2. The number of sulfonamides is 1. The molecule has 0 aliphatic rings. The lowest BCUT2D eigenvalue weighted by Gasteiger charge is -2.09. The molecule has 0 saturated heterocycles. The van der Waals surface area contributed by atoms with E-state index in [1.807, 2.05) is 6.07 Å². The largest absolute Gasteiger partial charge is 0.396 e. The van der Waals surface area contributed by atoms with Crippen molar-refractivity contribution in [2.45, 2.75) is 17.7 Å². The zero-order valence-corrected chi connectivity index (χ0v) is 13.7. The second-order valence-electron chi connectivity index (χ2n) is 4.59. The minimum absolute atomic E-state index is 0.120. The molecule has 112 valence electrons. The third kappa shape index (κ3) is 4.56. The maximum Gasteiger partial charge on any atom is 0.261 e. The predicted molar refractivity (Wildman–Crippen MR) is 86.8 cm³/mol. The van der Waals surface area contributed by atoms with E-state index >= 15 is 0 Å². The molecule has 21 heavy (non-hydrogen) atoms. The van der Waals surface area contributed by atoms with Crippen LogP contribution in [0, 0.1) is 0 Å². The first-order chi connectivity index (χ1) is 10.0. The lowest BCUT2D eigenvalue weighted by molar-refractivity contribution is 0.288. The van der Waals surface area contributed by atoms with Crippen molar-refractivity contribution in [3.05, 3.63) is 58.6 Å². The van der Waals surface area contributed by atoms with Crippen molar-refractivity contribution in [1.29, 1.82) is 0 Å². The molecule has 6 heteroatoms. The average molecular weight is 370 g/mol.